The molecular weight excluding hydrogens is 454 g/mol. The van der Waals surface area contributed by atoms with Gasteiger partial charge in [-0.3, -0.25) is 9.78 Å². The van der Waals surface area contributed by atoms with Gasteiger partial charge in [-0.1, -0.05) is 44.2 Å². The summed E-state index contributed by atoms with van der Waals surface area (Å²) in [5, 5.41) is 13.9. The van der Waals surface area contributed by atoms with Gasteiger partial charge in [-0.25, -0.2) is 13.6 Å². The van der Waals surface area contributed by atoms with Crippen LogP contribution in [0.2, 0.25) is 0 Å². The van der Waals surface area contributed by atoms with Crippen LogP contribution in [-0.2, 0) is 16.0 Å². The molecule has 2 N–H and O–H groups in total. The summed E-state index contributed by atoms with van der Waals surface area (Å²) in [6.45, 7) is 3.98. The lowest BCUT2D eigenvalue weighted by molar-refractivity contribution is -0.126. The Morgan fingerprint density at radius 1 is 1.09 bits per heavy atom. The molecular formula is C27H30F2N2O4. The van der Waals surface area contributed by atoms with Crippen LogP contribution in [0.25, 0.3) is 10.9 Å². The second-order valence-corrected chi connectivity index (χ2v) is 9.03. The van der Waals surface area contributed by atoms with E-state index in [0.717, 1.165) is 17.8 Å². The van der Waals surface area contributed by atoms with E-state index in [2.05, 4.69) is 10.3 Å². The van der Waals surface area contributed by atoms with E-state index >= 15 is 0 Å². The summed E-state index contributed by atoms with van der Waals surface area (Å²) >= 11 is 0. The average Bonchev–Trinajstić information content (AvgIpc) is 2.85. The van der Waals surface area contributed by atoms with Gasteiger partial charge in [0.15, 0.2) is 11.6 Å². The van der Waals surface area contributed by atoms with Gasteiger partial charge < -0.3 is 15.2 Å². The van der Waals surface area contributed by atoms with Gasteiger partial charge in [-0.2, -0.15) is 0 Å². The largest absolute Gasteiger partial charge is 0.456 e. The van der Waals surface area contributed by atoms with Crippen LogP contribution in [0.3, 0.4) is 0 Å². The number of carbonyl (C=O) groups is 2. The van der Waals surface area contributed by atoms with Crippen molar-refractivity contribution in [3.05, 3.63) is 77.5 Å². The number of hydrogen-bond acceptors (Lipinski definition) is 5. The standard InChI is InChI=1S/C27H30F2N2O4/c1-16(2)11-19(26(33)30-3)14-22(32)23(12-17-7-5-4-6-8-17)35-27(34)20-13-18-9-10-21(28)24(29)25(18)31-15-20/h4-10,13,15-16,19,22-23,32H,11-12,14H2,1-3H3,(H,30,33)/t19-,22+,23+/m1/s1. The number of hydrogen-bond donors (Lipinski definition) is 2. The lowest BCUT2D eigenvalue weighted by Crippen LogP contribution is -2.38. The maximum atomic E-state index is 14.0. The lowest BCUT2D eigenvalue weighted by atomic mass is 9.88. The number of ether oxygens (including phenoxy) is 1. The molecule has 8 heteroatoms. The van der Waals surface area contributed by atoms with Crippen LogP contribution < -0.4 is 5.32 Å². The maximum Gasteiger partial charge on any atom is 0.340 e. The summed E-state index contributed by atoms with van der Waals surface area (Å²) < 4.78 is 33.2. The molecule has 3 atom stereocenters. The average molecular weight is 485 g/mol. The fourth-order valence-electron chi connectivity index (χ4n) is 4.09. The van der Waals surface area contributed by atoms with Gasteiger partial charge in [0.05, 0.1) is 11.7 Å². The van der Waals surface area contributed by atoms with Crippen molar-refractivity contribution in [2.75, 3.05) is 7.05 Å². The summed E-state index contributed by atoms with van der Waals surface area (Å²) in [7, 11) is 1.55. The van der Waals surface area contributed by atoms with Gasteiger partial charge >= 0.3 is 5.97 Å². The molecule has 0 unspecified atom stereocenters. The summed E-state index contributed by atoms with van der Waals surface area (Å²) in [6, 6.07) is 12.9. The zero-order valence-electron chi connectivity index (χ0n) is 20.0. The van der Waals surface area contributed by atoms with Gasteiger partial charge in [0.25, 0.3) is 0 Å². The number of rotatable bonds is 10. The first-order chi connectivity index (χ1) is 16.7. The van der Waals surface area contributed by atoms with Crippen LogP contribution in [0.1, 0.15) is 42.6 Å². The second kappa shape index (κ2) is 11.8. The zero-order chi connectivity index (χ0) is 25.5. The Labute approximate surface area is 203 Å². The number of aliphatic hydroxyl groups is 1. The van der Waals surface area contributed by atoms with Crippen molar-refractivity contribution in [3.63, 3.8) is 0 Å². The molecule has 2 aromatic carbocycles. The first kappa shape index (κ1) is 26.2. The fourth-order valence-corrected chi connectivity index (χ4v) is 4.09. The lowest BCUT2D eigenvalue weighted by Gasteiger charge is -2.27. The number of benzene rings is 2. The smallest absolute Gasteiger partial charge is 0.340 e. The Kier molecular flexibility index (Phi) is 8.87. The van der Waals surface area contributed by atoms with E-state index in [0.29, 0.717) is 6.42 Å². The highest BCUT2D eigenvalue weighted by Crippen LogP contribution is 2.24. The van der Waals surface area contributed by atoms with Crippen molar-refractivity contribution in [3.8, 4) is 0 Å². The van der Waals surface area contributed by atoms with E-state index in [-0.39, 0.29) is 41.1 Å². The van der Waals surface area contributed by atoms with E-state index in [1.54, 1.807) is 7.05 Å². The topological polar surface area (TPSA) is 88.5 Å². The summed E-state index contributed by atoms with van der Waals surface area (Å²) in [6.07, 6.45) is -0.0186. The third-order valence-electron chi connectivity index (χ3n) is 5.85. The molecule has 186 valence electrons. The number of esters is 1. The van der Waals surface area contributed by atoms with Crippen LogP contribution in [0.4, 0.5) is 8.78 Å². The molecule has 6 nitrogen and oxygen atoms in total. The molecule has 0 fully saturated rings. The number of nitrogens with one attached hydrogen (secondary N) is 1. The molecule has 0 saturated heterocycles. The molecule has 0 radical (unpaired) electrons. The van der Waals surface area contributed by atoms with Crippen LogP contribution in [0.5, 0.6) is 0 Å². The second-order valence-electron chi connectivity index (χ2n) is 9.03. The Balaban J connectivity index is 1.84. The molecule has 1 aromatic heterocycles. The Hall–Kier alpha value is -3.39. The van der Waals surface area contributed by atoms with Crippen LogP contribution in [0.15, 0.2) is 54.7 Å². The quantitative estimate of drug-likeness (QED) is 0.416. The Morgan fingerprint density at radius 3 is 2.46 bits per heavy atom. The number of halogens is 2. The number of fused-ring (bicyclic) bond motifs is 1. The number of pyridine rings is 1. The molecule has 35 heavy (non-hydrogen) atoms. The molecule has 3 aromatic rings. The van der Waals surface area contributed by atoms with Crippen molar-refractivity contribution < 1.29 is 28.2 Å². The number of carbonyl (C=O) groups excluding carboxylic acids is 2. The van der Waals surface area contributed by atoms with Crippen molar-refractivity contribution in [2.24, 2.45) is 11.8 Å². The number of aromatic nitrogens is 1. The minimum Gasteiger partial charge on any atom is -0.456 e. The first-order valence-electron chi connectivity index (χ1n) is 11.6. The van der Waals surface area contributed by atoms with Crippen molar-refractivity contribution in [1.29, 1.82) is 0 Å². The summed E-state index contributed by atoms with van der Waals surface area (Å²) in [4.78, 5) is 29.2. The van der Waals surface area contributed by atoms with Crippen molar-refractivity contribution in [2.45, 2.75) is 45.3 Å². The molecule has 0 bridgehead atoms. The highest BCUT2D eigenvalue weighted by Gasteiger charge is 2.30. The highest BCUT2D eigenvalue weighted by atomic mass is 19.2. The third-order valence-corrected chi connectivity index (χ3v) is 5.85. The van der Waals surface area contributed by atoms with Crippen LogP contribution >= 0.6 is 0 Å². The maximum absolute atomic E-state index is 14.0. The molecule has 1 heterocycles. The van der Waals surface area contributed by atoms with Gasteiger partial charge in [-0.05, 0) is 42.5 Å². The minimum absolute atomic E-state index is 0.0406. The minimum atomic E-state index is -1.11. The molecule has 0 aliphatic heterocycles. The van der Waals surface area contributed by atoms with Crippen LogP contribution in [-0.4, -0.2) is 41.2 Å². The van der Waals surface area contributed by atoms with Crippen molar-refractivity contribution in [1.82, 2.24) is 10.3 Å². The summed E-state index contributed by atoms with van der Waals surface area (Å²) in [5.74, 6) is -3.29. The molecule has 0 spiro atoms. The Bertz CT molecular complexity index is 1170. The van der Waals surface area contributed by atoms with Gasteiger partial charge in [-0.15, -0.1) is 0 Å². The van der Waals surface area contributed by atoms with Gasteiger partial charge in [0.1, 0.15) is 11.6 Å². The molecule has 0 aliphatic carbocycles. The van der Waals surface area contributed by atoms with Gasteiger partial charge in [0.2, 0.25) is 5.91 Å². The normalized spacial score (nSPS) is 13.9. The SMILES string of the molecule is CNC(=O)[C@H](CC(C)C)C[C@H](O)[C@H](Cc1ccccc1)OC(=O)c1cnc2c(F)c(F)ccc2c1. The van der Waals surface area contributed by atoms with E-state index in [1.807, 2.05) is 44.2 Å². The summed E-state index contributed by atoms with van der Waals surface area (Å²) in [5.41, 5.74) is 0.696. The van der Waals surface area contributed by atoms with Gasteiger partial charge in [0, 0.05) is 31.0 Å². The third kappa shape index (κ3) is 6.82. The van der Waals surface area contributed by atoms with E-state index < -0.39 is 35.7 Å². The van der Waals surface area contributed by atoms with E-state index in [4.69, 9.17) is 4.74 Å². The number of amides is 1. The number of aliphatic hydroxyl groups excluding tert-OH is 1. The molecule has 0 aliphatic rings. The van der Waals surface area contributed by atoms with E-state index in [1.165, 1.54) is 12.1 Å². The monoisotopic (exact) mass is 484 g/mol. The predicted molar refractivity (Wildman–Crippen MR) is 129 cm³/mol. The van der Waals surface area contributed by atoms with E-state index in [9.17, 15) is 23.5 Å². The molecule has 1 amide bonds. The highest BCUT2D eigenvalue weighted by molar-refractivity contribution is 5.93. The molecule has 0 saturated carbocycles. The first-order valence-corrected chi connectivity index (χ1v) is 11.6. The molecule has 3 rings (SSSR count). The van der Waals surface area contributed by atoms with Crippen LogP contribution in [0, 0.1) is 23.5 Å². The van der Waals surface area contributed by atoms with Crippen molar-refractivity contribution >= 4 is 22.8 Å². The predicted octanol–water partition coefficient (Wildman–Crippen LogP) is 4.44. The number of nitrogens with zero attached hydrogens (tertiary/aromatic N) is 1. The Morgan fingerprint density at radius 2 is 1.80 bits per heavy atom. The zero-order valence-corrected chi connectivity index (χ0v) is 20.0. The fraction of sp³-hybridized carbons (Fsp3) is 0.370.